The van der Waals surface area contributed by atoms with Gasteiger partial charge in [-0.3, -0.25) is 4.79 Å². The Hall–Kier alpha value is -1.97. The van der Waals surface area contributed by atoms with Gasteiger partial charge in [0.2, 0.25) is 0 Å². The van der Waals surface area contributed by atoms with Gasteiger partial charge in [-0.15, -0.1) is 0 Å². The number of aliphatic hydroxyl groups is 1. The Morgan fingerprint density at radius 1 is 0.926 bits per heavy atom. The fraction of sp³-hybridized carbons (Fsp3) is 0.458. The Kier molecular flexibility index (Phi) is 7.19. The van der Waals surface area contributed by atoms with Crippen LogP contribution in [0.3, 0.4) is 0 Å². The van der Waals surface area contributed by atoms with Gasteiger partial charge in [-0.25, -0.2) is 0 Å². The third kappa shape index (κ3) is 6.30. The second-order valence-corrected chi connectivity index (χ2v) is 7.80. The maximum Gasteiger partial charge on any atom is 0.162 e. The largest absolute Gasteiger partial charge is 0.390 e. The molecule has 0 atom stereocenters. The van der Waals surface area contributed by atoms with E-state index in [1.807, 2.05) is 36.4 Å². The van der Waals surface area contributed by atoms with Crippen LogP contribution < -0.4 is 0 Å². The van der Waals surface area contributed by atoms with Crippen LogP contribution in [0.25, 0.3) is 0 Å². The Labute approximate surface area is 163 Å². The Balaban J connectivity index is 1.33. The predicted octanol–water partition coefficient (Wildman–Crippen LogP) is 4.50. The highest BCUT2D eigenvalue weighted by Crippen LogP contribution is 2.28. The highest BCUT2D eigenvalue weighted by molar-refractivity contribution is 5.95. The SMILES string of the molecule is O=C(CCCN1CCC(O)(CCCc2ccccc2)CC1)c1ccccc1. The number of Topliss-reactive ketones (excluding diaryl/α,β-unsaturated/α-hetero) is 1. The third-order valence-electron chi connectivity index (χ3n) is 5.71. The zero-order chi connectivity index (χ0) is 19.0. The van der Waals surface area contributed by atoms with Gasteiger partial charge < -0.3 is 10.0 Å². The molecule has 0 amide bonds. The van der Waals surface area contributed by atoms with Crippen molar-refractivity contribution in [3.63, 3.8) is 0 Å². The summed E-state index contributed by atoms with van der Waals surface area (Å²) in [5, 5.41) is 10.8. The summed E-state index contributed by atoms with van der Waals surface area (Å²) in [6.07, 6.45) is 6.12. The van der Waals surface area contributed by atoms with E-state index >= 15 is 0 Å². The monoisotopic (exact) mass is 365 g/mol. The number of hydrogen-bond acceptors (Lipinski definition) is 3. The molecule has 3 heteroatoms. The van der Waals surface area contributed by atoms with E-state index in [0.29, 0.717) is 6.42 Å². The maximum atomic E-state index is 12.2. The van der Waals surface area contributed by atoms with Gasteiger partial charge in [-0.1, -0.05) is 60.7 Å². The summed E-state index contributed by atoms with van der Waals surface area (Å²) in [5.74, 6) is 0.227. The van der Waals surface area contributed by atoms with E-state index in [-0.39, 0.29) is 5.78 Å². The minimum atomic E-state index is -0.509. The summed E-state index contributed by atoms with van der Waals surface area (Å²) in [4.78, 5) is 14.6. The Morgan fingerprint density at radius 2 is 1.56 bits per heavy atom. The highest BCUT2D eigenvalue weighted by Gasteiger charge is 2.31. The van der Waals surface area contributed by atoms with Crippen LogP contribution in [0.4, 0.5) is 0 Å². The van der Waals surface area contributed by atoms with E-state index in [1.54, 1.807) is 0 Å². The summed E-state index contributed by atoms with van der Waals surface area (Å²) in [5.41, 5.74) is 1.65. The number of carbonyl (C=O) groups is 1. The van der Waals surface area contributed by atoms with E-state index in [4.69, 9.17) is 0 Å². The van der Waals surface area contributed by atoms with Crippen LogP contribution in [0.5, 0.6) is 0 Å². The molecule has 1 N–H and O–H groups in total. The lowest BCUT2D eigenvalue weighted by Gasteiger charge is -2.38. The van der Waals surface area contributed by atoms with Gasteiger partial charge in [-0.2, -0.15) is 0 Å². The molecule has 0 aromatic heterocycles. The smallest absolute Gasteiger partial charge is 0.162 e. The van der Waals surface area contributed by atoms with Crippen LogP contribution >= 0.6 is 0 Å². The molecular formula is C24H31NO2. The van der Waals surface area contributed by atoms with Gasteiger partial charge in [0, 0.05) is 25.1 Å². The molecule has 0 spiro atoms. The second kappa shape index (κ2) is 9.82. The van der Waals surface area contributed by atoms with Crippen molar-refractivity contribution in [3.8, 4) is 0 Å². The number of likely N-dealkylation sites (tertiary alicyclic amines) is 1. The van der Waals surface area contributed by atoms with Gasteiger partial charge in [0.25, 0.3) is 0 Å². The lowest BCUT2D eigenvalue weighted by atomic mass is 9.86. The lowest BCUT2D eigenvalue weighted by Crippen LogP contribution is -2.44. The number of hydrogen-bond donors (Lipinski definition) is 1. The zero-order valence-electron chi connectivity index (χ0n) is 16.1. The van der Waals surface area contributed by atoms with Crippen molar-refractivity contribution in [2.24, 2.45) is 0 Å². The number of rotatable bonds is 9. The van der Waals surface area contributed by atoms with Crippen molar-refractivity contribution < 1.29 is 9.90 Å². The molecule has 27 heavy (non-hydrogen) atoms. The van der Waals surface area contributed by atoms with E-state index in [1.165, 1.54) is 5.56 Å². The quantitative estimate of drug-likeness (QED) is 0.665. The van der Waals surface area contributed by atoms with Crippen LogP contribution in [-0.2, 0) is 6.42 Å². The fourth-order valence-electron chi connectivity index (χ4n) is 3.94. The second-order valence-electron chi connectivity index (χ2n) is 7.80. The number of ketones is 1. The Bertz CT molecular complexity index is 691. The highest BCUT2D eigenvalue weighted by atomic mass is 16.3. The van der Waals surface area contributed by atoms with Crippen LogP contribution in [0.2, 0.25) is 0 Å². The molecule has 0 bridgehead atoms. The molecule has 0 unspecified atom stereocenters. The van der Waals surface area contributed by atoms with Crippen molar-refractivity contribution >= 4 is 5.78 Å². The minimum Gasteiger partial charge on any atom is -0.390 e. The van der Waals surface area contributed by atoms with Crippen molar-refractivity contribution in [2.75, 3.05) is 19.6 Å². The molecule has 144 valence electrons. The molecule has 3 rings (SSSR count). The topological polar surface area (TPSA) is 40.5 Å². The molecule has 2 aromatic rings. The third-order valence-corrected chi connectivity index (χ3v) is 5.71. The van der Waals surface area contributed by atoms with E-state index in [9.17, 15) is 9.90 Å². The summed E-state index contributed by atoms with van der Waals surface area (Å²) >= 11 is 0. The molecule has 0 aliphatic carbocycles. The molecule has 1 saturated heterocycles. The summed E-state index contributed by atoms with van der Waals surface area (Å²) < 4.78 is 0. The van der Waals surface area contributed by atoms with Gasteiger partial charge in [-0.05, 0) is 50.6 Å². The summed E-state index contributed by atoms with van der Waals surface area (Å²) in [6.45, 7) is 2.81. The normalized spacial score (nSPS) is 16.9. The number of carbonyl (C=O) groups excluding carboxylic acids is 1. The first-order valence-electron chi connectivity index (χ1n) is 10.2. The first-order valence-corrected chi connectivity index (χ1v) is 10.2. The molecule has 0 radical (unpaired) electrons. The number of nitrogens with zero attached hydrogens (tertiary/aromatic N) is 1. The van der Waals surface area contributed by atoms with Crippen LogP contribution in [0.1, 0.15) is 54.4 Å². The van der Waals surface area contributed by atoms with E-state index < -0.39 is 5.60 Å². The van der Waals surface area contributed by atoms with Crippen LogP contribution in [0, 0.1) is 0 Å². The average Bonchev–Trinajstić information content (AvgIpc) is 2.71. The molecule has 1 aliphatic rings. The standard InChI is InChI=1S/C24H31NO2/c26-23(22-12-5-2-6-13-22)14-8-18-25-19-16-24(27,17-20-25)15-7-11-21-9-3-1-4-10-21/h1-6,9-10,12-13,27H,7-8,11,14-20H2. The number of benzene rings is 2. The van der Waals surface area contributed by atoms with Gasteiger partial charge >= 0.3 is 0 Å². The number of piperidine rings is 1. The molecule has 0 saturated carbocycles. The zero-order valence-corrected chi connectivity index (χ0v) is 16.1. The predicted molar refractivity (Wildman–Crippen MR) is 110 cm³/mol. The first kappa shape index (κ1) is 19.8. The van der Waals surface area contributed by atoms with Crippen molar-refractivity contribution in [2.45, 2.75) is 50.5 Å². The molecule has 1 heterocycles. The molecule has 1 fully saturated rings. The van der Waals surface area contributed by atoms with Crippen LogP contribution in [0.15, 0.2) is 60.7 Å². The molecule has 1 aliphatic heterocycles. The fourth-order valence-corrected chi connectivity index (χ4v) is 3.94. The van der Waals surface area contributed by atoms with Gasteiger partial charge in [0.05, 0.1) is 5.60 Å². The van der Waals surface area contributed by atoms with Gasteiger partial charge in [0.1, 0.15) is 0 Å². The lowest BCUT2D eigenvalue weighted by molar-refractivity contribution is -0.0289. The average molecular weight is 366 g/mol. The first-order chi connectivity index (χ1) is 13.1. The van der Waals surface area contributed by atoms with E-state index in [0.717, 1.165) is 63.7 Å². The van der Waals surface area contributed by atoms with Crippen molar-refractivity contribution in [1.29, 1.82) is 0 Å². The van der Waals surface area contributed by atoms with Crippen molar-refractivity contribution in [1.82, 2.24) is 4.90 Å². The number of aryl methyl sites for hydroxylation is 1. The van der Waals surface area contributed by atoms with E-state index in [2.05, 4.69) is 29.2 Å². The molecular weight excluding hydrogens is 334 g/mol. The summed E-state index contributed by atoms with van der Waals surface area (Å²) in [6, 6.07) is 20.0. The summed E-state index contributed by atoms with van der Waals surface area (Å²) in [7, 11) is 0. The van der Waals surface area contributed by atoms with Crippen LogP contribution in [-0.4, -0.2) is 41.0 Å². The minimum absolute atomic E-state index is 0.227. The van der Waals surface area contributed by atoms with Crippen molar-refractivity contribution in [3.05, 3.63) is 71.8 Å². The Morgan fingerprint density at radius 3 is 2.22 bits per heavy atom. The van der Waals surface area contributed by atoms with Gasteiger partial charge in [0.15, 0.2) is 5.78 Å². The molecule has 3 nitrogen and oxygen atoms in total. The maximum absolute atomic E-state index is 12.2. The molecule has 2 aromatic carbocycles.